The van der Waals surface area contributed by atoms with E-state index >= 15 is 0 Å². The molecule has 0 saturated carbocycles. The van der Waals surface area contributed by atoms with Crippen LogP contribution in [0, 0.1) is 5.82 Å². The molecule has 1 aromatic heterocycles. The topological polar surface area (TPSA) is 61.7 Å². The van der Waals surface area contributed by atoms with Gasteiger partial charge < -0.3 is 5.11 Å². The molecule has 1 amide bonds. The molecule has 2 aromatic rings. The number of carbonyl (C=O) groups is 1. The van der Waals surface area contributed by atoms with Crippen LogP contribution in [0.2, 0.25) is 0 Å². The number of amides is 1. The maximum absolute atomic E-state index is 13.2. The van der Waals surface area contributed by atoms with Crippen LogP contribution in [0.3, 0.4) is 0 Å². The van der Waals surface area contributed by atoms with E-state index in [1.165, 1.54) is 29.5 Å². The molecule has 0 saturated heterocycles. The summed E-state index contributed by atoms with van der Waals surface area (Å²) in [4.78, 5) is 12.7. The van der Waals surface area contributed by atoms with Crippen molar-refractivity contribution in [2.45, 2.75) is 19.8 Å². The van der Waals surface area contributed by atoms with Gasteiger partial charge in [-0.3, -0.25) is 4.79 Å². The molecule has 0 atom stereocenters. The Balaban J connectivity index is 2.10. The fourth-order valence-electron chi connectivity index (χ4n) is 1.81. The van der Waals surface area contributed by atoms with Crippen molar-refractivity contribution in [1.29, 1.82) is 0 Å². The highest BCUT2D eigenvalue weighted by atomic mass is 32.1. The zero-order chi connectivity index (χ0) is 15.2. The predicted molar refractivity (Wildman–Crippen MR) is 81.1 cm³/mol. The maximum atomic E-state index is 13.2. The van der Waals surface area contributed by atoms with Crippen LogP contribution >= 0.6 is 11.3 Å². The molecule has 2 N–H and O–H groups in total. The second-order valence-corrected chi connectivity index (χ2v) is 5.40. The molecule has 0 aliphatic rings. The number of aromatic hydroxyl groups is 1. The highest BCUT2D eigenvalue weighted by Gasteiger charge is 2.10. The van der Waals surface area contributed by atoms with Crippen LogP contribution < -0.4 is 5.43 Å². The first kappa shape index (κ1) is 15.2. The number of rotatable bonds is 5. The molecule has 6 heteroatoms. The third kappa shape index (κ3) is 4.13. The molecule has 0 unspecified atom stereocenters. The number of nitrogens with zero attached hydrogens (tertiary/aromatic N) is 1. The number of phenols is 1. The van der Waals surface area contributed by atoms with Crippen molar-refractivity contribution in [1.82, 2.24) is 5.43 Å². The quantitative estimate of drug-likeness (QED) is 0.659. The molecule has 0 aliphatic carbocycles. The maximum Gasteiger partial charge on any atom is 0.245 e. The molecule has 21 heavy (non-hydrogen) atoms. The van der Waals surface area contributed by atoms with E-state index in [1.54, 1.807) is 0 Å². The van der Waals surface area contributed by atoms with E-state index < -0.39 is 5.82 Å². The number of thiophene rings is 1. The van der Waals surface area contributed by atoms with Gasteiger partial charge in [0.05, 0.1) is 12.1 Å². The lowest BCUT2D eigenvalue weighted by atomic mass is 10.1. The van der Waals surface area contributed by atoms with Crippen LogP contribution in [-0.4, -0.2) is 16.7 Å². The number of hydrogen-bond donors (Lipinski definition) is 2. The largest absolute Gasteiger partial charge is 0.507 e. The van der Waals surface area contributed by atoms with Gasteiger partial charge >= 0.3 is 0 Å². The van der Waals surface area contributed by atoms with Crippen molar-refractivity contribution in [3.05, 3.63) is 52.0 Å². The van der Waals surface area contributed by atoms with Gasteiger partial charge in [0.25, 0.3) is 0 Å². The summed E-state index contributed by atoms with van der Waals surface area (Å²) in [7, 11) is 0. The molecule has 0 radical (unpaired) electrons. The Bertz CT molecular complexity index is 654. The van der Waals surface area contributed by atoms with Gasteiger partial charge in [-0.2, -0.15) is 5.10 Å². The molecule has 0 aliphatic heterocycles. The standard InChI is InChI=1S/C15H15FN2O2S/c1-2-13(12-8-10(16)5-6-14(12)19)17-18-15(20)9-11-4-3-7-21-11/h3-8,19H,2,9H2,1H3,(H,18,20)/b17-13+. The smallest absolute Gasteiger partial charge is 0.245 e. The molecular formula is C15H15FN2O2S. The van der Waals surface area contributed by atoms with Gasteiger partial charge in [-0.15, -0.1) is 11.3 Å². The predicted octanol–water partition coefficient (Wildman–Crippen LogP) is 3.07. The van der Waals surface area contributed by atoms with E-state index in [-0.39, 0.29) is 23.6 Å². The summed E-state index contributed by atoms with van der Waals surface area (Å²) < 4.78 is 13.2. The highest BCUT2D eigenvalue weighted by Crippen LogP contribution is 2.20. The number of hydrazone groups is 1. The third-order valence-corrected chi connectivity index (χ3v) is 3.71. The molecule has 110 valence electrons. The van der Waals surface area contributed by atoms with Crippen molar-refractivity contribution in [2.75, 3.05) is 0 Å². The molecule has 0 fully saturated rings. The zero-order valence-electron chi connectivity index (χ0n) is 11.5. The van der Waals surface area contributed by atoms with Gasteiger partial charge in [0.2, 0.25) is 5.91 Å². The van der Waals surface area contributed by atoms with Gasteiger partial charge in [0.15, 0.2) is 0 Å². The zero-order valence-corrected chi connectivity index (χ0v) is 12.3. The fraction of sp³-hybridized carbons (Fsp3) is 0.200. The van der Waals surface area contributed by atoms with E-state index in [4.69, 9.17) is 0 Å². The van der Waals surface area contributed by atoms with Crippen LogP contribution in [-0.2, 0) is 11.2 Å². The second kappa shape index (κ2) is 6.99. The van der Waals surface area contributed by atoms with E-state index in [0.717, 1.165) is 4.88 Å². The van der Waals surface area contributed by atoms with Gasteiger partial charge in [-0.25, -0.2) is 9.82 Å². The first-order valence-electron chi connectivity index (χ1n) is 6.46. The summed E-state index contributed by atoms with van der Waals surface area (Å²) in [5, 5.41) is 15.6. The summed E-state index contributed by atoms with van der Waals surface area (Å²) in [6.07, 6.45) is 0.698. The van der Waals surface area contributed by atoms with Crippen molar-refractivity contribution < 1.29 is 14.3 Å². The minimum Gasteiger partial charge on any atom is -0.507 e. The third-order valence-electron chi connectivity index (χ3n) is 2.83. The number of nitrogens with one attached hydrogen (secondary N) is 1. The molecule has 0 bridgehead atoms. The van der Waals surface area contributed by atoms with Crippen LogP contribution in [0.1, 0.15) is 23.8 Å². The van der Waals surface area contributed by atoms with Crippen molar-refractivity contribution in [3.8, 4) is 5.75 Å². The Kier molecular flexibility index (Phi) is 5.05. The van der Waals surface area contributed by atoms with Crippen molar-refractivity contribution >= 4 is 23.0 Å². The van der Waals surface area contributed by atoms with Gasteiger partial charge in [-0.05, 0) is 36.1 Å². The molecule has 1 aromatic carbocycles. The lowest BCUT2D eigenvalue weighted by Gasteiger charge is -2.07. The average molecular weight is 306 g/mol. The van der Waals surface area contributed by atoms with Gasteiger partial charge in [-0.1, -0.05) is 13.0 Å². The number of halogens is 1. The summed E-state index contributed by atoms with van der Waals surface area (Å²) >= 11 is 1.49. The van der Waals surface area contributed by atoms with E-state index in [1.807, 2.05) is 24.4 Å². The van der Waals surface area contributed by atoms with E-state index in [9.17, 15) is 14.3 Å². The Morgan fingerprint density at radius 2 is 2.24 bits per heavy atom. The van der Waals surface area contributed by atoms with E-state index in [2.05, 4.69) is 10.5 Å². The summed E-state index contributed by atoms with van der Waals surface area (Å²) in [6, 6.07) is 7.37. The Morgan fingerprint density at radius 3 is 2.90 bits per heavy atom. The summed E-state index contributed by atoms with van der Waals surface area (Å²) in [5.41, 5.74) is 3.15. The van der Waals surface area contributed by atoms with E-state index in [0.29, 0.717) is 12.1 Å². The van der Waals surface area contributed by atoms with Crippen LogP contribution in [0.4, 0.5) is 4.39 Å². The summed E-state index contributed by atoms with van der Waals surface area (Å²) in [5.74, 6) is -0.780. The number of carbonyl (C=O) groups excluding carboxylic acids is 1. The lowest BCUT2D eigenvalue weighted by Crippen LogP contribution is -2.21. The number of phenolic OH excluding ortho intramolecular Hbond substituents is 1. The number of hydrogen-bond acceptors (Lipinski definition) is 4. The molecule has 2 rings (SSSR count). The molecule has 4 nitrogen and oxygen atoms in total. The normalized spacial score (nSPS) is 11.4. The number of benzene rings is 1. The Labute approximate surface area is 125 Å². The minimum atomic E-state index is -0.464. The Morgan fingerprint density at radius 1 is 1.43 bits per heavy atom. The summed E-state index contributed by atoms with van der Waals surface area (Å²) in [6.45, 7) is 1.81. The van der Waals surface area contributed by atoms with Gasteiger partial charge in [0.1, 0.15) is 11.6 Å². The first-order valence-corrected chi connectivity index (χ1v) is 7.34. The SMILES string of the molecule is CC/C(=N\NC(=O)Cc1cccs1)c1cc(F)ccc1O. The fourth-order valence-corrected chi connectivity index (χ4v) is 2.51. The molecule has 1 heterocycles. The van der Waals surface area contributed by atoms with Gasteiger partial charge in [0, 0.05) is 10.4 Å². The highest BCUT2D eigenvalue weighted by molar-refractivity contribution is 7.10. The van der Waals surface area contributed by atoms with Crippen molar-refractivity contribution in [3.63, 3.8) is 0 Å². The first-order chi connectivity index (χ1) is 10.1. The minimum absolute atomic E-state index is 0.0653. The second-order valence-electron chi connectivity index (χ2n) is 4.36. The average Bonchev–Trinajstić information content (AvgIpc) is 2.96. The molecular weight excluding hydrogens is 291 g/mol. The molecule has 0 spiro atoms. The van der Waals surface area contributed by atoms with Crippen LogP contribution in [0.15, 0.2) is 40.8 Å². The van der Waals surface area contributed by atoms with Crippen LogP contribution in [0.5, 0.6) is 5.75 Å². The Hall–Kier alpha value is -2.21. The monoisotopic (exact) mass is 306 g/mol. The lowest BCUT2D eigenvalue weighted by molar-refractivity contribution is -0.120. The van der Waals surface area contributed by atoms with Crippen LogP contribution in [0.25, 0.3) is 0 Å². The van der Waals surface area contributed by atoms with Crippen molar-refractivity contribution in [2.24, 2.45) is 5.10 Å².